The fourth-order valence-corrected chi connectivity index (χ4v) is 1.82. The number of aromatic carboxylic acids is 1. The van der Waals surface area contributed by atoms with Crippen LogP contribution in [0.4, 0.5) is 5.95 Å². The Balaban J connectivity index is 2.24. The van der Waals surface area contributed by atoms with Gasteiger partial charge in [-0.05, 0) is 12.1 Å². The number of nitrogens with two attached hydrogens (primary N) is 1. The average molecular weight is 255 g/mol. The van der Waals surface area contributed by atoms with Gasteiger partial charge in [0.25, 0.3) is 0 Å². The van der Waals surface area contributed by atoms with Crippen molar-refractivity contribution >= 4 is 17.6 Å². The molecule has 7 heteroatoms. The van der Waals surface area contributed by atoms with E-state index in [4.69, 9.17) is 10.8 Å². The predicted molar refractivity (Wildman–Crippen MR) is 67.6 cm³/mol. The van der Waals surface area contributed by atoms with Crippen molar-refractivity contribution in [3.8, 4) is 11.4 Å². The second-order valence-electron chi connectivity index (χ2n) is 3.89. The van der Waals surface area contributed by atoms with Gasteiger partial charge >= 0.3 is 5.97 Å². The van der Waals surface area contributed by atoms with E-state index >= 15 is 0 Å². The van der Waals surface area contributed by atoms with Crippen LogP contribution in [-0.4, -0.2) is 30.7 Å². The number of anilines is 1. The maximum absolute atomic E-state index is 11.0. The van der Waals surface area contributed by atoms with E-state index in [0.717, 1.165) is 0 Å². The molecule has 0 unspecified atom stereocenters. The summed E-state index contributed by atoms with van der Waals surface area (Å²) < 4.78 is 1.48. The third kappa shape index (κ3) is 1.86. The van der Waals surface area contributed by atoms with Crippen molar-refractivity contribution in [3.63, 3.8) is 0 Å². The Labute approximate surface area is 107 Å². The van der Waals surface area contributed by atoms with Gasteiger partial charge in [-0.3, -0.25) is 0 Å². The lowest BCUT2D eigenvalue weighted by atomic mass is 10.1. The van der Waals surface area contributed by atoms with Crippen LogP contribution in [0.1, 0.15) is 10.4 Å². The molecule has 7 nitrogen and oxygen atoms in total. The largest absolute Gasteiger partial charge is 0.478 e. The van der Waals surface area contributed by atoms with Crippen LogP contribution >= 0.6 is 0 Å². The Kier molecular flexibility index (Phi) is 2.38. The molecule has 3 rings (SSSR count). The predicted octanol–water partition coefficient (Wildman–Crippen LogP) is 1.07. The summed E-state index contributed by atoms with van der Waals surface area (Å²) in [5, 5.41) is 13.0. The molecule has 19 heavy (non-hydrogen) atoms. The normalized spacial score (nSPS) is 10.7. The fraction of sp³-hybridized carbons (Fsp3) is 0. The molecule has 0 saturated carbocycles. The number of hydrogen-bond acceptors (Lipinski definition) is 5. The van der Waals surface area contributed by atoms with Crippen molar-refractivity contribution in [2.45, 2.75) is 0 Å². The van der Waals surface area contributed by atoms with E-state index in [0.29, 0.717) is 17.0 Å². The van der Waals surface area contributed by atoms with E-state index in [-0.39, 0.29) is 11.5 Å². The lowest BCUT2D eigenvalue weighted by Gasteiger charge is -2.03. The first kappa shape index (κ1) is 11.1. The summed E-state index contributed by atoms with van der Waals surface area (Å²) in [6.07, 6.45) is 1.58. The van der Waals surface area contributed by atoms with Gasteiger partial charge in [0.1, 0.15) is 0 Å². The molecule has 0 spiro atoms. The number of aromatic nitrogens is 4. The SMILES string of the molecule is Nc1nc2ccnc(-c3cccc(C(=O)O)c3)n2n1. The average Bonchev–Trinajstić information content (AvgIpc) is 2.78. The van der Waals surface area contributed by atoms with Crippen LogP contribution in [-0.2, 0) is 0 Å². The second-order valence-corrected chi connectivity index (χ2v) is 3.89. The number of nitrogen functional groups attached to an aromatic ring is 1. The van der Waals surface area contributed by atoms with E-state index in [1.54, 1.807) is 24.4 Å². The first-order valence-corrected chi connectivity index (χ1v) is 5.46. The standard InChI is InChI=1S/C12H9N5O2/c13-12-15-9-4-5-14-10(17(9)16-12)7-2-1-3-8(6-7)11(18)19/h1-6H,(H2,13,16)(H,18,19). The Bertz CT molecular complexity index is 781. The molecule has 2 aromatic heterocycles. The van der Waals surface area contributed by atoms with Crippen LogP contribution < -0.4 is 5.73 Å². The second kappa shape index (κ2) is 4.05. The van der Waals surface area contributed by atoms with Crippen LogP contribution in [0, 0.1) is 0 Å². The summed E-state index contributed by atoms with van der Waals surface area (Å²) in [6, 6.07) is 8.13. The molecule has 0 saturated heterocycles. The minimum Gasteiger partial charge on any atom is -0.478 e. The van der Waals surface area contributed by atoms with Gasteiger partial charge in [-0.1, -0.05) is 12.1 Å². The molecule has 3 N–H and O–H groups in total. The Morgan fingerprint density at radius 3 is 2.95 bits per heavy atom. The number of rotatable bonds is 2. The fourth-order valence-electron chi connectivity index (χ4n) is 1.82. The van der Waals surface area contributed by atoms with E-state index in [9.17, 15) is 4.79 Å². The van der Waals surface area contributed by atoms with Crippen LogP contribution in [0.3, 0.4) is 0 Å². The van der Waals surface area contributed by atoms with E-state index in [1.807, 2.05) is 0 Å². The highest BCUT2D eigenvalue weighted by molar-refractivity contribution is 5.89. The minimum atomic E-state index is -0.993. The number of carbonyl (C=O) groups is 1. The van der Waals surface area contributed by atoms with Crippen molar-refractivity contribution < 1.29 is 9.90 Å². The maximum atomic E-state index is 11.0. The van der Waals surface area contributed by atoms with Crippen molar-refractivity contribution in [3.05, 3.63) is 42.1 Å². The van der Waals surface area contributed by atoms with Gasteiger partial charge in [0.2, 0.25) is 5.95 Å². The van der Waals surface area contributed by atoms with E-state index in [2.05, 4.69) is 15.1 Å². The zero-order chi connectivity index (χ0) is 13.4. The highest BCUT2D eigenvalue weighted by Crippen LogP contribution is 2.19. The summed E-state index contributed by atoms with van der Waals surface area (Å²) in [7, 11) is 0. The molecule has 0 atom stereocenters. The molecule has 0 fully saturated rings. The van der Waals surface area contributed by atoms with Gasteiger partial charge in [-0.2, -0.15) is 9.50 Å². The lowest BCUT2D eigenvalue weighted by Crippen LogP contribution is -2.00. The molecule has 1 aromatic carbocycles. The summed E-state index contributed by atoms with van der Waals surface area (Å²) in [6.45, 7) is 0. The Morgan fingerprint density at radius 2 is 2.16 bits per heavy atom. The molecule has 3 aromatic rings. The van der Waals surface area contributed by atoms with Gasteiger partial charge < -0.3 is 10.8 Å². The molecular weight excluding hydrogens is 246 g/mol. The molecule has 0 radical (unpaired) electrons. The van der Waals surface area contributed by atoms with Crippen molar-refractivity contribution in [1.29, 1.82) is 0 Å². The zero-order valence-corrected chi connectivity index (χ0v) is 9.69. The number of fused-ring (bicyclic) bond motifs is 1. The minimum absolute atomic E-state index is 0.142. The molecule has 0 aliphatic heterocycles. The quantitative estimate of drug-likeness (QED) is 0.709. The molecule has 94 valence electrons. The number of benzene rings is 1. The third-order valence-electron chi connectivity index (χ3n) is 2.64. The van der Waals surface area contributed by atoms with Gasteiger partial charge in [-0.15, -0.1) is 5.10 Å². The molecular formula is C12H9N5O2. The van der Waals surface area contributed by atoms with Crippen molar-refractivity contribution in [1.82, 2.24) is 19.6 Å². The van der Waals surface area contributed by atoms with Crippen LogP contribution in [0.25, 0.3) is 17.0 Å². The van der Waals surface area contributed by atoms with Crippen LogP contribution in [0.15, 0.2) is 36.5 Å². The topological polar surface area (TPSA) is 106 Å². The smallest absolute Gasteiger partial charge is 0.335 e. The number of nitrogens with zero attached hydrogens (tertiary/aromatic N) is 4. The van der Waals surface area contributed by atoms with Gasteiger partial charge in [0.05, 0.1) is 5.56 Å². The summed E-state index contributed by atoms with van der Waals surface area (Å²) in [5.74, 6) is -0.361. The Morgan fingerprint density at radius 1 is 1.32 bits per heavy atom. The first-order chi connectivity index (χ1) is 9.15. The van der Waals surface area contributed by atoms with Crippen LogP contribution in [0.2, 0.25) is 0 Å². The zero-order valence-electron chi connectivity index (χ0n) is 9.69. The maximum Gasteiger partial charge on any atom is 0.335 e. The number of carboxylic acid groups (broad SMARTS) is 1. The van der Waals surface area contributed by atoms with Gasteiger partial charge in [0.15, 0.2) is 11.5 Å². The molecule has 2 heterocycles. The molecule has 0 aliphatic rings. The third-order valence-corrected chi connectivity index (χ3v) is 2.64. The first-order valence-electron chi connectivity index (χ1n) is 5.46. The number of hydrogen-bond donors (Lipinski definition) is 2. The van der Waals surface area contributed by atoms with E-state index in [1.165, 1.54) is 16.6 Å². The van der Waals surface area contributed by atoms with Gasteiger partial charge in [0, 0.05) is 17.8 Å². The summed E-state index contributed by atoms with van der Waals surface area (Å²) >= 11 is 0. The molecule has 0 amide bonds. The molecule has 0 aliphatic carbocycles. The van der Waals surface area contributed by atoms with Crippen molar-refractivity contribution in [2.24, 2.45) is 0 Å². The van der Waals surface area contributed by atoms with Crippen molar-refractivity contribution in [2.75, 3.05) is 5.73 Å². The summed E-state index contributed by atoms with van der Waals surface area (Å²) in [4.78, 5) is 19.2. The number of carboxylic acids is 1. The van der Waals surface area contributed by atoms with Gasteiger partial charge in [-0.25, -0.2) is 9.78 Å². The highest BCUT2D eigenvalue weighted by Gasteiger charge is 2.10. The summed E-state index contributed by atoms with van der Waals surface area (Å²) in [5.41, 5.74) is 6.93. The van der Waals surface area contributed by atoms with Crippen LogP contribution in [0.5, 0.6) is 0 Å². The van der Waals surface area contributed by atoms with E-state index < -0.39 is 5.97 Å². The highest BCUT2D eigenvalue weighted by atomic mass is 16.4. The Hall–Kier alpha value is -2.96. The lowest BCUT2D eigenvalue weighted by molar-refractivity contribution is 0.0697. The monoisotopic (exact) mass is 255 g/mol. The molecule has 0 bridgehead atoms.